The fraction of sp³-hybridized carbons (Fsp3) is 0.0238. The minimum atomic E-state index is -0.540. The average molecular weight is 1090 g/mol. The van der Waals surface area contributed by atoms with Crippen LogP contribution in [0.4, 0.5) is 17.1 Å². The highest BCUT2D eigenvalue weighted by Crippen LogP contribution is 2.59. The smallest absolute Gasteiger partial charge is 0.0714 e. The van der Waals surface area contributed by atoms with E-state index in [2.05, 4.69) is 349 Å². The van der Waals surface area contributed by atoms with Gasteiger partial charge in [0.15, 0.2) is 0 Å². The Morgan fingerprint density at radius 2 is 0.640 bits per heavy atom. The molecular weight excluding hydrogens is 1040 g/mol. The molecule has 0 spiro atoms. The molecule has 1 heterocycles. The van der Waals surface area contributed by atoms with E-state index in [1.807, 2.05) is 0 Å². The van der Waals surface area contributed by atoms with E-state index in [-0.39, 0.29) is 0 Å². The summed E-state index contributed by atoms with van der Waals surface area (Å²) in [5.41, 5.74) is 25.6. The third-order valence-electron chi connectivity index (χ3n) is 18.8. The van der Waals surface area contributed by atoms with Crippen LogP contribution in [-0.4, -0.2) is 4.57 Å². The fourth-order valence-corrected chi connectivity index (χ4v) is 15.1. The van der Waals surface area contributed by atoms with Crippen molar-refractivity contribution in [2.24, 2.45) is 0 Å². The van der Waals surface area contributed by atoms with E-state index >= 15 is 0 Å². The van der Waals surface area contributed by atoms with Gasteiger partial charge in [-0.15, -0.1) is 0 Å². The molecule has 86 heavy (non-hydrogen) atoms. The Balaban J connectivity index is 0.847. The van der Waals surface area contributed by atoms with Crippen molar-refractivity contribution in [1.29, 1.82) is 0 Å². The summed E-state index contributed by atoms with van der Waals surface area (Å²) in [6, 6.07) is 126. The number of rotatable bonds is 10. The molecule has 2 aliphatic carbocycles. The summed E-state index contributed by atoms with van der Waals surface area (Å²) in [7, 11) is 0. The normalized spacial score (nSPS) is 13.3. The van der Waals surface area contributed by atoms with Gasteiger partial charge in [0.05, 0.1) is 27.6 Å². The second kappa shape index (κ2) is 19.8. The predicted molar refractivity (Wildman–Crippen MR) is 358 cm³/mol. The van der Waals surface area contributed by atoms with Crippen LogP contribution in [0.1, 0.15) is 44.5 Å². The zero-order valence-electron chi connectivity index (χ0n) is 47.2. The molecule has 402 valence electrons. The molecule has 0 fully saturated rings. The van der Waals surface area contributed by atoms with Gasteiger partial charge in [-0.25, -0.2) is 0 Å². The molecular formula is C84H56N2. The van der Waals surface area contributed by atoms with E-state index in [0.717, 1.165) is 28.2 Å². The topological polar surface area (TPSA) is 8.17 Å². The Labute approximate surface area is 501 Å². The first-order valence-electron chi connectivity index (χ1n) is 29.9. The fourth-order valence-electron chi connectivity index (χ4n) is 15.1. The quantitative estimate of drug-likeness (QED) is 0.132. The van der Waals surface area contributed by atoms with Crippen LogP contribution in [-0.2, 0) is 10.8 Å². The molecule has 0 bridgehead atoms. The van der Waals surface area contributed by atoms with Gasteiger partial charge >= 0.3 is 0 Å². The molecule has 0 radical (unpaired) electrons. The van der Waals surface area contributed by atoms with Gasteiger partial charge in [0, 0.05) is 33.2 Å². The van der Waals surface area contributed by atoms with E-state index in [0.29, 0.717) is 0 Å². The van der Waals surface area contributed by atoms with Crippen molar-refractivity contribution in [2.45, 2.75) is 10.8 Å². The van der Waals surface area contributed by atoms with Crippen molar-refractivity contribution in [3.8, 4) is 50.2 Å². The van der Waals surface area contributed by atoms with Crippen LogP contribution in [0.5, 0.6) is 0 Å². The molecule has 0 saturated carbocycles. The summed E-state index contributed by atoms with van der Waals surface area (Å²) in [5.74, 6) is 0. The molecule has 2 heteroatoms. The highest BCUT2D eigenvalue weighted by atomic mass is 15.1. The van der Waals surface area contributed by atoms with Gasteiger partial charge in [-0.05, 0) is 161 Å². The summed E-state index contributed by atoms with van der Waals surface area (Å²) in [6.45, 7) is 0. The van der Waals surface area contributed by atoms with Gasteiger partial charge in [0.2, 0.25) is 0 Å². The van der Waals surface area contributed by atoms with Crippen molar-refractivity contribution in [3.63, 3.8) is 0 Å². The highest BCUT2D eigenvalue weighted by Gasteiger charge is 2.48. The molecule has 17 rings (SSSR count). The second-order valence-electron chi connectivity index (χ2n) is 23.1. The van der Waals surface area contributed by atoms with Crippen LogP contribution in [0.25, 0.3) is 82.8 Å². The summed E-state index contributed by atoms with van der Waals surface area (Å²) in [5, 5.41) is 4.86. The van der Waals surface area contributed by atoms with Crippen molar-refractivity contribution >= 4 is 49.6 Å². The van der Waals surface area contributed by atoms with Gasteiger partial charge in [-0.1, -0.05) is 273 Å². The zero-order chi connectivity index (χ0) is 56.8. The number of benzene rings is 14. The number of aromatic nitrogens is 1. The zero-order valence-corrected chi connectivity index (χ0v) is 47.2. The Hall–Kier alpha value is -11.1. The molecule has 0 N–H and O–H groups in total. The maximum atomic E-state index is 2.51. The monoisotopic (exact) mass is 1090 g/mol. The van der Waals surface area contributed by atoms with Gasteiger partial charge < -0.3 is 9.47 Å². The Bertz CT molecular complexity index is 4990. The molecule has 0 atom stereocenters. The Morgan fingerprint density at radius 3 is 1.21 bits per heavy atom. The van der Waals surface area contributed by atoms with Crippen LogP contribution < -0.4 is 4.90 Å². The number of hydrogen-bond acceptors (Lipinski definition) is 1. The van der Waals surface area contributed by atoms with E-state index < -0.39 is 10.8 Å². The summed E-state index contributed by atoms with van der Waals surface area (Å²) < 4.78 is 2.50. The molecule has 0 saturated heterocycles. The standard InChI is InChI=1S/C84H56N2/c1-5-22-57(23-6-1)58-40-46-66(47-41-58)85(68-50-51-73-72-35-17-18-36-76(72)83(79(73)56-68,62-26-7-2-8-27-62)63-28-9-3-10-29-63)67-48-42-59(43-49-67)61-44-52-81-74(54-61)75-55-65(45-53-82(75)86(81)80-39-21-25-60-24-13-14-32-69(60)80)84(64-30-11-4-12-31-64)77-37-19-15-33-70(77)71-34-16-20-38-78(71)84/h1-56H. The predicted octanol–water partition coefficient (Wildman–Crippen LogP) is 21.5. The summed E-state index contributed by atoms with van der Waals surface area (Å²) in [4.78, 5) is 2.44. The largest absolute Gasteiger partial charge is 0.310 e. The molecule has 15 aromatic rings. The first-order chi connectivity index (χ1) is 42.7. The lowest BCUT2D eigenvalue weighted by atomic mass is 9.67. The Morgan fingerprint density at radius 1 is 0.233 bits per heavy atom. The first-order valence-corrected chi connectivity index (χ1v) is 29.9. The van der Waals surface area contributed by atoms with Gasteiger partial charge in [-0.2, -0.15) is 0 Å². The number of nitrogens with zero attached hydrogens (tertiary/aromatic N) is 2. The first kappa shape index (κ1) is 49.5. The van der Waals surface area contributed by atoms with Gasteiger partial charge in [-0.3, -0.25) is 0 Å². The van der Waals surface area contributed by atoms with E-state index in [1.165, 1.54) is 116 Å². The van der Waals surface area contributed by atoms with Crippen molar-refractivity contribution in [1.82, 2.24) is 4.57 Å². The maximum Gasteiger partial charge on any atom is 0.0714 e. The minimum absolute atomic E-state index is 0.537. The highest BCUT2D eigenvalue weighted by molar-refractivity contribution is 6.12. The Kier molecular flexibility index (Phi) is 11.4. The maximum absolute atomic E-state index is 2.51. The molecule has 2 aliphatic rings. The van der Waals surface area contributed by atoms with Gasteiger partial charge in [0.1, 0.15) is 0 Å². The minimum Gasteiger partial charge on any atom is -0.310 e. The van der Waals surface area contributed by atoms with Crippen LogP contribution in [0.15, 0.2) is 340 Å². The summed E-state index contributed by atoms with van der Waals surface area (Å²) in [6.07, 6.45) is 0. The molecule has 0 amide bonds. The van der Waals surface area contributed by atoms with E-state index in [4.69, 9.17) is 0 Å². The SMILES string of the molecule is c1ccc(-c2ccc(N(c3ccc(-c4ccc5c(c4)c4cc(C6(c7ccccc7)c7ccccc7-c7ccccc76)ccc4n5-c4cccc5ccccc45)cc3)c3ccc4c(c3)C(c3ccccc3)(c3ccccc3)c3ccccc3-4)cc2)cc1. The number of fused-ring (bicyclic) bond motifs is 10. The van der Waals surface area contributed by atoms with Gasteiger partial charge in [0.25, 0.3) is 0 Å². The molecule has 2 nitrogen and oxygen atoms in total. The summed E-state index contributed by atoms with van der Waals surface area (Å²) >= 11 is 0. The van der Waals surface area contributed by atoms with E-state index in [9.17, 15) is 0 Å². The number of hydrogen-bond donors (Lipinski definition) is 0. The molecule has 0 aliphatic heterocycles. The lowest BCUT2D eigenvalue weighted by Crippen LogP contribution is -2.28. The average Bonchev–Trinajstić information content (AvgIpc) is 1.63. The van der Waals surface area contributed by atoms with Crippen LogP contribution in [0.3, 0.4) is 0 Å². The number of anilines is 3. The molecule has 0 unspecified atom stereocenters. The van der Waals surface area contributed by atoms with Crippen molar-refractivity contribution in [3.05, 3.63) is 384 Å². The van der Waals surface area contributed by atoms with Crippen LogP contribution in [0.2, 0.25) is 0 Å². The molecule has 14 aromatic carbocycles. The lowest BCUT2D eigenvalue weighted by Gasteiger charge is -2.35. The van der Waals surface area contributed by atoms with Crippen molar-refractivity contribution in [2.75, 3.05) is 4.90 Å². The van der Waals surface area contributed by atoms with Crippen LogP contribution in [0, 0.1) is 0 Å². The van der Waals surface area contributed by atoms with Crippen LogP contribution >= 0.6 is 0 Å². The third kappa shape index (κ3) is 7.39. The lowest BCUT2D eigenvalue weighted by molar-refractivity contribution is 0.768. The van der Waals surface area contributed by atoms with Crippen molar-refractivity contribution < 1.29 is 0 Å². The second-order valence-corrected chi connectivity index (χ2v) is 23.1. The van der Waals surface area contributed by atoms with E-state index in [1.54, 1.807) is 0 Å². The third-order valence-corrected chi connectivity index (χ3v) is 18.8. The molecule has 1 aromatic heterocycles.